The minimum absolute atomic E-state index is 0.155. The number of hydrogen-bond donors (Lipinski definition) is 2. The second kappa shape index (κ2) is 7.62. The summed E-state index contributed by atoms with van der Waals surface area (Å²) in [5.74, 6) is 3.23. The third-order valence-corrected chi connectivity index (χ3v) is 5.41. The molecule has 0 atom stereocenters. The number of nitrogens with two attached hydrogens (primary N) is 1. The average Bonchev–Trinajstić information content (AvgIpc) is 3.09. The van der Waals surface area contributed by atoms with Crippen molar-refractivity contribution in [3.63, 3.8) is 0 Å². The molecule has 1 fully saturated rings. The maximum absolute atomic E-state index is 12.7. The van der Waals surface area contributed by atoms with Crippen molar-refractivity contribution in [1.82, 2.24) is 5.32 Å². The maximum Gasteiger partial charge on any atom is 0.266 e. The molecule has 5 heteroatoms. The van der Waals surface area contributed by atoms with Crippen LogP contribution in [0.15, 0.2) is 35.7 Å². The molecule has 1 amide bonds. The van der Waals surface area contributed by atoms with E-state index in [1.807, 2.05) is 35.7 Å². The van der Waals surface area contributed by atoms with Crippen LogP contribution in [-0.2, 0) is 6.61 Å². The molecule has 1 heterocycles. The summed E-state index contributed by atoms with van der Waals surface area (Å²) in [5, 5.41) is 4.92. The fraction of sp³-hybridized carbons (Fsp3) is 0.350. The zero-order valence-electron chi connectivity index (χ0n) is 14.1. The summed E-state index contributed by atoms with van der Waals surface area (Å²) in [6, 6.07) is 9.33. The van der Waals surface area contributed by atoms with Crippen LogP contribution in [0.1, 0.15) is 47.3 Å². The van der Waals surface area contributed by atoms with Crippen molar-refractivity contribution in [3.8, 4) is 18.1 Å². The van der Waals surface area contributed by atoms with Crippen molar-refractivity contribution in [1.29, 1.82) is 0 Å². The SMILES string of the molecule is C#CC1(NC(=O)c2sccc2OCc2cccc(N)c2)CCCCC1. The van der Waals surface area contributed by atoms with Gasteiger partial charge in [0.1, 0.15) is 22.8 Å². The monoisotopic (exact) mass is 354 g/mol. The van der Waals surface area contributed by atoms with Crippen molar-refractivity contribution < 1.29 is 9.53 Å². The minimum Gasteiger partial charge on any atom is -0.487 e. The molecule has 0 aliphatic heterocycles. The Hall–Kier alpha value is -2.45. The van der Waals surface area contributed by atoms with Gasteiger partial charge in [0.05, 0.1) is 0 Å². The quantitative estimate of drug-likeness (QED) is 0.631. The topological polar surface area (TPSA) is 64.3 Å². The van der Waals surface area contributed by atoms with Crippen LogP contribution in [0, 0.1) is 12.3 Å². The Morgan fingerprint density at radius 3 is 2.84 bits per heavy atom. The summed E-state index contributed by atoms with van der Waals surface area (Å²) in [5.41, 5.74) is 6.92. The third-order valence-electron chi connectivity index (χ3n) is 4.52. The van der Waals surface area contributed by atoms with E-state index in [-0.39, 0.29) is 5.91 Å². The molecule has 1 aliphatic rings. The lowest BCUT2D eigenvalue weighted by Crippen LogP contribution is -2.48. The summed E-state index contributed by atoms with van der Waals surface area (Å²) in [6.07, 6.45) is 10.7. The molecule has 4 nitrogen and oxygen atoms in total. The largest absolute Gasteiger partial charge is 0.487 e. The van der Waals surface area contributed by atoms with Crippen molar-refractivity contribution in [3.05, 3.63) is 46.2 Å². The van der Waals surface area contributed by atoms with Crippen molar-refractivity contribution in [2.24, 2.45) is 0 Å². The van der Waals surface area contributed by atoms with Gasteiger partial charge in [-0.2, -0.15) is 0 Å². The van der Waals surface area contributed by atoms with Crippen molar-refractivity contribution >= 4 is 22.9 Å². The molecule has 1 aliphatic carbocycles. The van der Waals surface area contributed by atoms with Crippen LogP contribution in [0.25, 0.3) is 0 Å². The van der Waals surface area contributed by atoms with Crippen LogP contribution in [0.3, 0.4) is 0 Å². The van der Waals surface area contributed by atoms with E-state index in [2.05, 4.69) is 11.2 Å². The number of thiophene rings is 1. The zero-order chi connectivity index (χ0) is 17.7. The smallest absolute Gasteiger partial charge is 0.266 e. The Kier molecular flexibility index (Phi) is 5.30. The molecule has 130 valence electrons. The van der Waals surface area contributed by atoms with Gasteiger partial charge in [0.15, 0.2) is 0 Å². The second-order valence-electron chi connectivity index (χ2n) is 6.39. The lowest BCUT2D eigenvalue weighted by atomic mass is 9.82. The molecular formula is C20H22N2O2S. The predicted octanol–water partition coefficient (Wildman–Crippen LogP) is 3.98. The molecule has 0 saturated heterocycles. The fourth-order valence-electron chi connectivity index (χ4n) is 3.16. The number of terminal acetylenes is 1. The first kappa shape index (κ1) is 17.4. The van der Waals surface area contributed by atoms with E-state index in [4.69, 9.17) is 16.9 Å². The molecule has 3 rings (SSSR count). The average molecular weight is 354 g/mol. The normalized spacial score (nSPS) is 16.0. The lowest BCUT2D eigenvalue weighted by molar-refractivity contribution is 0.0904. The molecule has 1 aromatic heterocycles. The van der Waals surface area contributed by atoms with E-state index in [9.17, 15) is 4.79 Å². The van der Waals surface area contributed by atoms with E-state index < -0.39 is 5.54 Å². The number of amides is 1. The van der Waals surface area contributed by atoms with E-state index >= 15 is 0 Å². The molecule has 2 aromatic rings. The number of carbonyl (C=O) groups is 1. The van der Waals surface area contributed by atoms with Crippen molar-refractivity contribution in [2.45, 2.75) is 44.2 Å². The Balaban J connectivity index is 1.68. The summed E-state index contributed by atoms with van der Waals surface area (Å²) >= 11 is 1.36. The Labute approximate surface area is 152 Å². The van der Waals surface area contributed by atoms with Gasteiger partial charge in [-0.15, -0.1) is 17.8 Å². The summed E-state index contributed by atoms with van der Waals surface area (Å²) in [4.78, 5) is 13.3. The number of nitrogen functional groups attached to an aromatic ring is 1. The van der Waals surface area contributed by atoms with Crippen LogP contribution in [0.4, 0.5) is 5.69 Å². The van der Waals surface area contributed by atoms with Crippen LogP contribution in [0.5, 0.6) is 5.75 Å². The highest BCUT2D eigenvalue weighted by atomic mass is 32.1. The molecule has 0 radical (unpaired) electrons. The van der Waals surface area contributed by atoms with Gasteiger partial charge in [-0.05, 0) is 42.0 Å². The molecular weight excluding hydrogens is 332 g/mol. The number of ether oxygens (including phenoxy) is 1. The maximum atomic E-state index is 12.7. The van der Waals surface area contributed by atoms with Gasteiger partial charge in [-0.25, -0.2) is 0 Å². The number of nitrogens with one attached hydrogen (secondary N) is 1. The third kappa shape index (κ3) is 4.15. The second-order valence-corrected chi connectivity index (χ2v) is 7.31. The summed E-state index contributed by atoms with van der Waals surface area (Å²) in [6.45, 7) is 0.363. The van der Waals surface area contributed by atoms with E-state index in [0.29, 0.717) is 22.9 Å². The molecule has 0 unspecified atom stereocenters. The number of benzene rings is 1. The van der Waals surface area contributed by atoms with E-state index in [0.717, 1.165) is 31.2 Å². The lowest BCUT2D eigenvalue weighted by Gasteiger charge is -2.33. The first-order valence-corrected chi connectivity index (χ1v) is 9.35. The number of anilines is 1. The Morgan fingerprint density at radius 2 is 2.12 bits per heavy atom. The van der Waals surface area contributed by atoms with Gasteiger partial charge in [-0.1, -0.05) is 37.3 Å². The van der Waals surface area contributed by atoms with Gasteiger partial charge in [0.25, 0.3) is 5.91 Å². The van der Waals surface area contributed by atoms with Gasteiger partial charge in [0.2, 0.25) is 0 Å². The van der Waals surface area contributed by atoms with E-state index in [1.165, 1.54) is 17.8 Å². The van der Waals surface area contributed by atoms with Crippen LogP contribution >= 0.6 is 11.3 Å². The van der Waals surface area contributed by atoms with Gasteiger partial charge in [0, 0.05) is 5.69 Å². The summed E-state index contributed by atoms with van der Waals surface area (Å²) < 4.78 is 5.84. The van der Waals surface area contributed by atoms with Crippen LogP contribution < -0.4 is 15.8 Å². The number of hydrogen-bond acceptors (Lipinski definition) is 4. The summed E-state index contributed by atoms with van der Waals surface area (Å²) in [7, 11) is 0. The standard InChI is InChI=1S/C20H22N2O2S/c1-2-20(10-4-3-5-11-20)22-19(23)18-17(9-12-25-18)24-14-15-7-6-8-16(21)13-15/h1,6-9,12-13H,3-5,10-11,14,21H2,(H,22,23). The molecule has 1 aromatic carbocycles. The number of carbonyl (C=O) groups excluding carboxylic acids is 1. The minimum atomic E-state index is -0.523. The first-order chi connectivity index (χ1) is 12.1. The molecule has 1 saturated carbocycles. The molecule has 3 N–H and O–H groups in total. The van der Waals surface area contributed by atoms with E-state index in [1.54, 1.807) is 0 Å². The van der Waals surface area contributed by atoms with Crippen molar-refractivity contribution in [2.75, 3.05) is 5.73 Å². The highest BCUT2D eigenvalue weighted by molar-refractivity contribution is 7.12. The fourth-order valence-corrected chi connectivity index (χ4v) is 3.88. The van der Waals surface area contributed by atoms with Gasteiger partial charge < -0.3 is 15.8 Å². The molecule has 0 spiro atoms. The highest BCUT2D eigenvalue weighted by Crippen LogP contribution is 2.30. The Bertz CT molecular complexity index is 785. The van der Waals surface area contributed by atoms with Gasteiger partial charge >= 0.3 is 0 Å². The Morgan fingerprint density at radius 1 is 1.32 bits per heavy atom. The zero-order valence-corrected chi connectivity index (χ0v) is 14.9. The van der Waals surface area contributed by atoms with Crippen LogP contribution in [-0.4, -0.2) is 11.4 Å². The highest BCUT2D eigenvalue weighted by Gasteiger charge is 2.32. The first-order valence-electron chi connectivity index (χ1n) is 8.47. The van der Waals surface area contributed by atoms with Gasteiger partial charge in [-0.3, -0.25) is 4.79 Å². The predicted molar refractivity (Wildman–Crippen MR) is 102 cm³/mol. The van der Waals surface area contributed by atoms with Crippen LogP contribution in [0.2, 0.25) is 0 Å². The number of rotatable bonds is 5. The molecule has 0 bridgehead atoms. The molecule has 25 heavy (non-hydrogen) atoms.